The number of hydrogen-bond acceptors (Lipinski definition) is 8. The Morgan fingerprint density at radius 2 is 1.97 bits per heavy atom. The van der Waals surface area contributed by atoms with Crippen LogP contribution in [0.15, 0.2) is 30.6 Å². The van der Waals surface area contributed by atoms with Gasteiger partial charge in [-0.05, 0) is 31.4 Å². The first-order chi connectivity index (χ1) is 16.5. The molecule has 10 nitrogen and oxygen atoms in total. The number of β-amino-alcohol motifs (C(OH)–C–C–N with tert-alkyl or cyclic N) is 1. The summed E-state index contributed by atoms with van der Waals surface area (Å²) in [7, 11) is 0. The lowest BCUT2D eigenvalue weighted by molar-refractivity contribution is -0.383. The second-order valence-corrected chi connectivity index (χ2v) is 9.42. The molecular formula is C24H30N6O4. The molecule has 0 unspecified atom stereocenters. The van der Waals surface area contributed by atoms with Crippen molar-refractivity contribution in [2.75, 3.05) is 30.3 Å². The highest BCUT2D eigenvalue weighted by Crippen LogP contribution is 2.38. The number of nitrogens with two attached hydrogens (primary N) is 1. The predicted molar refractivity (Wildman–Crippen MR) is 130 cm³/mol. The third kappa shape index (κ3) is 4.07. The van der Waals surface area contributed by atoms with Crippen LogP contribution in [0.1, 0.15) is 44.6 Å². The number of anilines is 2. The summed E-state index contributed by atoms with van der Waals surface area (Å²) >= 11 is 0. The average Bonchev–Trinajstić information content (AvgIpc) is 3.27. The molecule has 1 saturated heterocycles. The van der Waals surface area contributed by atoms with Crippen LogP contribution in [0, 0.1) is 16.0 Å². The molecule has 4 N–H and O–H groups in total. The lowest BCUT2D eigenvalue weighted by atomic mass is 9.94. The minimum Gasteiger partial charge on any atom is -0.396 e. The number of piperidine rings is 1. The number of nitro groups is 1. The number of imidazole rings is 1. The van der Waals surface area contributed by atoms with Gasteiger partial charge in [0.25, 0.3) is 0 Å². The van der Waals surface area contributed by atoms with Crippen molar-refractivity contribution >= 4 is 28.2 Å². The van der Waals surface area contributed by atoms with Gasteiger partial charge in [0.15, 0.2) is 5.69 Å². The highest BCUT2D eigenvalue weighted by atomic mass is 16.6. The summed E-state index contributed by atoms with van der Waals surface area (Å²) in [5, 5.41) is 31.7. The number of hydrogen-bond donors (Lipinski definition) is 3. The minimum absolute atomic E-state index is 0.0246. The molecule has 0 bridgehead atoms. The summed E-state index contributed by atoms with van der Waals surface area (Å²) in [6.45, 7) is 0.764. The van der Waals surface area contributed by atoms with Crippen molar-refractivity contribution in [2.24, 2.45) is 5.92 Å². The number of aliphatic hydroxyl groups excluding tert-OH is 2. The topological polar surface area (TPSA) is 144 Å². The van der Waals surface area contributed by atoms with Crippen LogP contribution in [0.2, 0.25) is 0 Å². The summed E-state index contributed by atoms with van der Waals surface area (Å²) in [6, 6.07) is 7.56. The third-order valence-corrected chi connectivity index (χ3v) is 7.29. The van der Waals surface area contributed by atoms with E-state index in [1.807, 2.05) is 29.4 Å². The first kappa shape index (κ1) is 22.5. The smallest absolute Gasteiger partial charge is 0.318 e. The number of rotatable bonds is 5. The van der Waals surface area contributed by atoms with Gasteiger partial charge >= 0.3 is 5.69 Å². The van der Waals surface area contributed by atoms with Gasteiger partial charge in [0.05, 0.1) is 28.4 Å². The molecule has 1 aliphatic heterocycles. The van der Waals surface area contributed by atoms with Gasteiger partial charge in [-0.1, -0.05) is 25.3 Å². The quantitative estimate of drug-likeness (QED) is 0.384. The molecule has 1 saturated carbocycles. The monoisotopic (exact) mass is 466 g/mol. The Balaban J connectivity index is 1.53. The largest absolute Gasteiger partial charge is 0.396 e. The zero-order chi connectivity index (χ0) is 23.8. The van der Waals surface area contributed by atoms with E-state index < -0.39 is 11.0 Å². The maximum Gasteiger partial charge on any atom is 0.318 e. The van der Waals surface area contributed by atoms with Gasteiger partial charge in [0.2, 0.25) is 0 Å². The molecule has 34 heavy (non-hydrogen) atoms. The Labute approximate surface area is 197 Å². The maximum atomic E-state index is 11.9. The molecular weight excluding hydrogens is 436 g/mol. The van der Waals surface area contributed by atoms with E-state index in [9.17, 15) is 20.3 Å². The Morgan fingerprint density at radius 3 is 2.68 bits per heavy atom. The van der Waals surface area contributed by atoms with Crippen LogP contribution in [0.25, 0.3) is 22.3 Å². The molecule has 10 heteroatoms. The molecule has 2 fully saturated rings. The Bertz CT molecular complexity index is 1210. The maximum absolute atomic E-state index is 11.9. The minimum atomic E-state index is -0.708. The first-order valence-corrected chi connectivity index (χ1v) is 11.9. The zero-order valence-electron chi connectivity index (χ0n) is 19.0. The van der Waals surface area contributed by atoms with Crippen LogP contribution in [-0.4, -0.2) is 55.5 Å². The molecule has 2 aliphatic rings. The fraction of sp³-hybridized carbons (Fsp3) is 0.500. The standard InChI is InChI=1S/C24H30N6O4/c25-18-11-22(28-9-8-16(13-31)21(32)12-28)27-23(24(18)30(33)34)15-6-7-20-19(10-15)26-14-29(20)17-4-2-1-3-5-17/h6-7,10-11,14,16-17,21,31-32H,1-5,8-9,12-13H2,(H2,25,27)/t16-,21+/m1/s1. The number of aliphatic hydroxyl groups is 2. The molecule has 2 atom stereocenters. The van der Waals surface area contributed by atoms with Crippen molar-refractivity contribution in [3.63, 3.8) is 0 Å². The van der Waals surface area contributed by atoms with Gasteiger partial charge in [-0.3, -0.25) is 10.1 Å². The molecule has 5 rings (SSSR count). The van der Waals surface area contributed by atoms with Crippen LogP contribution in [0.5, 0.6) is 0 Å². The SMILES string of the molecule is Nc1cc(N2CC[C@H](CO)[C@@H](O)C2)nc(-c2ccc3c(c2)ncn3C2CCCCC2)c1[N+](=O)[O-]. The van der Waals surface area contributed by atoms with Crippen LogP contribution >= 0.6 is 0 Å². The third-order valence-electron chi connectivity index (χ3n) is 7.29. The number of aromatic nitrogens is 3. The Morgan fingerprint density at radius 1 is 1.18 bits per heavy atom. The van der Waals surface area contributed by atoms with Gasteiger partial charge in [0.1, 0.15) is 11.5 Å². The van der Waals surface area contributed by atoms with Gasteiger partial charge in [0, 0.05) is 43.3 Å². The Hall–Kier alpha value is -3.24. The van der Waals surface area contributed by atoms with Gasteiger partial charge in [-0.15, -0.1) is 0 Å². The van der Waals surface area contributed by atoms with E-state index in [1.54, 1.807) is 0 Å². The van der Waals surface area contributed by atoms with Crippen molar-refractivity contribution in [1.82, 2.24) is 14.5 Å². The molecule has 0 radical (unpaired) electrons. The van der Waals surface area contributed by atoms with Crippen molar-refractivity contribution < 1.29 is 15.1 Å². The fourth-order valence-corrected chi connectivity index (χ4v) is 5.33. The molecule has 2 aromatic heterocycles. The second-order valence-electron chi connectivity index (χ2n) is 9.42. The second kappa shape index (κ2) is 9.19. The van der Waals surface area contributed by atoms with Crippen molar-refractivity contribution in [3.05, 3.63) is 40.7 Å². The molecule has 3 heterocycles. The number of pyridine rings is 1. The Kier molecular flexibility index (Phi) is 6.09. The van der Waals surface area contributed by atoms with E-state index in [-0.39, 0.29) is 36.1 Å². The zero-order valence-corrected chi connectivity index (χ0v) is 19.0. The summed E-state index contributed by atoms with van der Waals surface area (Å²) < 4.78 is 2.22. The predicted octanol–water partition coefficient (Wildman–Crippen LogP) is 3.27. The van der Waals surface area contributed by atoms with Gasteiger partial charge in [-0.2, -0.15) is 0 Å². The van der Waals surface area contributed by atoms with Crippen LogP contribution in [0.4, 0.5) is 17.2 Å². The molecule has 180 valence electrons. The molecule has 3 aromatic rings. The van der Waals surface area contributed by atoms with E-state index in [0.717, 1.165) is 23.9 Å². The highest BCUT2D eigenvalue weighted by molar-refractivity contribution is 5.87. The number of nitrogen functional groups attached to an aromatic ring is 1. The molecule has 1 aliphatic carbocycles. The summed E-state index contributed by atoms with van der Waals surface area (Å²) in [4.78, 5) is 22.5. The molecule has 0 amide bonds. The number of benzene rings is 1. The summed E-state index contributed by atoms with van der Waals surface area (Å²) in [5.41, 5.74) is 8.47. The van der Waals surface area contributed by atoms with Crippen molar-refractivity contribution in [1.29, 1.82) is 0 Å². The lowest BCUT2D eigenvalue weighted by Crippen LogP contribution is -2.45. The number of nitrogens with zero attached hydrogens (tertiary/aromatic N) is 5. The van der Waals surface area contributed by atoms with Crippen molar-refractivity contribution in [2.45, 2.75) is 50.7 Å². The number of fused-ring (bicyclic) bond motifs is 1. The average molecular weight is 467 g/mol. The molecule has 0 spiro atoms. The van der Waals surface area contributed by atoms with E-state index in [1.165, 1.54) is 25.3 Å². The van der Waals surface area contributed by atoms with E-state index in [2.05, 4.69) is 14.5 Å². The van der Waals surface area contributed by atoms with Gasteiger partial charge in [-0.25, -0.2) is 9.97 Å². The highest BCUT2D eigenvalue weighted by Gasteiger charge is 2.30. The van der Waals surface area contributed by atoms with Crippen molar-refractivity contribution in [3.8, 4) is 11.3 Å². The fourth-order valence-electron chi connectivity index (χ4n) is 5.33. The normalized spacial score (nSPS) is 21.8. The van der Waals surface area contributed by atoms with Crippen LogP contribution < -0.4 is 10.6 Å². The summed E-state index contributed by atoms with van der Waals surface area (Å²) in [5.74, 6) is 0.286. The lowest BCUT2D eigenvalue weighted by Gasteiger charge is -2.36. The van der Waals surface area contributed by atoms with Gasteiger partial charge < -0.3 is 25.4 Å². The van der Waals surface area contributed by atoms with Crippen LogP contribution in [-0.2, 0) is 0 Å². The van der Waals surface area contributed by atoms with Crippen LogP contribution in [0.3, 0.4) is 0 Å². The summed E-state index contributed by atoms with van der Waals surface area (Å²) in [6.07, 6.45) is 7.73. The van der Waals surface area contributed by atoms with E-state index in [0.29, 0.717) is 30.4 Å². The van der Waals surface area contributed by atoms with E-state index in [4.69, 9.17) is 5.73 Å². The first-order valence-electron chi connectivity index (χ1n) is 11.9. The molecule has 1 aromatic carbocycles. The van der Waals surface area contributed by atoms with E-state index >= 15 is 0 Å².